The van der Waals surface area contributed by atoms with Gasteiger partial charge in [0, 0.05) is 18.3 Å². The van der Waals surface area contributed by atoms with E-state index in [0.29, 0.717) is 6.54 Å². The molecule has 0 aliphatic heterocycles. The molecule has 1 aromatic rings. The molecule has 1 fully saturated rings. The number of likely N-dealkylation sites (N-methyl/N-ethyl adjacent to an activating group) is 1. The van der Waals surface area contributed by atoms with Gasteiger partial charge in [-0.25, -0.2) is 0 Å². The zero-order valence-corrected chi connectivity index (χ0v) is 12.5. The number of carbonyl (C=O) groups excluding carboxylic acids is 1. The van der Waals surface area contributed by atoms with E-state index in [4.69, 9.17) is 0 Å². The second kappa shape index (κ2) is 6.72. The SMILES string of the molecule is CCN(C(=O)CN(C1CC1)C(C)C(=O)O)c1ccccc1. The van der Waals surface area contributed by atoms with Gasteiger partial charge in [-0.15, -0.1) is 0 Å². The molecule has 0 radical (unpaired) electrons. The Morgan fingerprint density at radius 3 is 2.38 bits per heavy atom. The summed E-state index contributed by atoms with van der Waals surface area (Å²) in [4.78, 5) is 27.2. The first-order chi connectivity index (χ1) is 10.0. The minimum Gasteiger partial charge on any atom is -0.480 e. The quantitative estimate of drug-likeness (QED) is 0.834. The van der Waals surface area contributed by atoms with Crippen molar-refractivity contribution in [2.75, 3.05) is 18.0 Å². The fourth-order valence-electron chi connectivity index (χ4n) is 2.48. The largest absolute Gasteiger partial charge is 0.480 e. The zero-order chi connectivity index (χ0) is 15.4. The Balaban J connectivity index is 2.08. The number of anilines is 1. The van der Waals surface area contributed by atoms with Crippen LogP contribution in [0.15, 0.2) is 30.3 Å². The zero-order valence-electron chi connectivity index (χ0n) is 12.5. The summed E-state index contributed by atoms with van der Waals surface area (Å²) in [5, 5.41) is 9.19. The van der Waals surface area contributed by atoms with E-state index >= 15 is 0 Å². The van der Waals surface area contributed by atoms with Crippen LogP contribution in [-0.4, -0.2) is 47.1 Å². The predicted octanol–water partition coefficient (Wildman–Crippen LogP) is 1.98. The lowest BCUT2D eigenvalue weighted by molar-refractivity contribution is -0.143. The first kappa shape index (κ1) is 15.5. The maximum Gasteiger partial charge on any atom is 0.320 e. The fourth-order valence-corrected chi connectivity index (χ4v) is 2.48. The van der Waals surface area contributed by atoms with E-state index in [1.54, 1.807) is 16.7 Å². The number of amides is 1. The molecule has 21 heavy (non-hydrogen) atoms. The Labute approximate surface area is 125 Å². The highest BCUT2D eigenvalue weighted by Gasteiger charge is 2.36. The van der Waals surface area contributed by atoms with Crippen LogP contribution in [0.1, 0.15) is 26.7 Å². The fraction of sp³-hybridized carbons (Fsp3) is 0.500. The lowest BCUT2D eigenvalue weighted by Gasteiger charge is -2.29. The van der Waals surface area contributed by atoms with Crippen LogP contribution in [-0.2, 0) is 9.59 Å². The molecule has 1 atom stereocenters. The van der Waals surface area contributed by atoms with E-state index in [9.17, 15) is 14.7 Å². The third-order valence-electron chi connectivity index (χ3n) is 3.87. The third kappa shape index (κ3) is 3.82. The van der Waals surface area contributed by atoms with Gasteiger partial charge in [-0.3, -0.25) is 14.5 Å². The number of rotatable bonds is 7. The molecule has 1 N–H and O–H groups in total. The van der Waals surface area contributed by atoms with Gasteiger partial charge >= 0.3 is 5.97 Å². The molecule has 1 saturated carbocycles. The number of para-hydroxylation sites is 1. The number of hydrogen-bond acceptors (Lipinski definition) is 3. The molecule has 1 aliphatic carbocycles. The molecule has 1 aromatic carbocycles. The molecule has 0 heterocycles. The van der Waals surface area contributed by atoms with E-state index < -0.39 is 12.0 Å². The van der Waals surface area contributed by atoms with Crippen molar-refractivity contribution >= 4 is 17.6 Å². The summed E-state index contributed by atoms with van der Waals surface area (Å²) >= 11 is 0. The summed E-state index contributed by atoms with van der Waals surface area (Å²) in [6, 6.07) is 9.08. The maximum absolute atomic E-state index is 12.5. The van der Waals surface area contributed by atoms with Crippen LogP contribution in [0, 0.1) is 0 Å². The van der Waals surface area contributed by atoms with Crippen molar-refractivity contribution in [3.05, 3.63) is 30.3 Å². The van der Waals surface area contributed by atoms with Crippen molar-refractivity contribution < 1.29 is 14.7 Å². The Morgan fingerprint density at radius 1 is 1.29 bits per heavy atom. The summed E-state index contributed by atoms with van der Waals surface area (Å²) < 4.78 is 0. The van der Waals surface area contributed by atoms with E-state index in [-0.39, 0.29) is 18.5 Å². The highest BCUT2D eigenvalue weighted by atomic mass is 16.4. The molecule has 0 aromatic heterocycles. The van der Waals surface area contributed by atoms with Crippen molar-refractivity contribution in [2.45, 2.75) is 38.8 Å². The number of carboxylic acids is 1. The smallest absolute Gasteiger partial charge is 0.320 e. The molecule has 1 amide bonds. The lowest BCUT2D eigenvalue weighted by atomic mass is 10.2. The second-order valence-corrected chi connectivity index (χ2v) is 5.39. The van der Waals surface area contributed by atoms with Crippen molar-refractivity contribution in [2.24, 2.45) is 0 Å². The van der Waals surface area contributed by atoms with Crippen LogP contribution in [0.2, 0.25) is 0 Å². The molecular weight excluding hydrogens is 268 g/mol. The lowest BCUT2D eigenvalue weighted by Crippen LogP contribution is -2.47. The van der Waals surface area contributed by atoms with Gasteiger partial charge in [-0.2, -0.15) is 0 Å². The molecule has 2 rings (SSSR count). The van der Waals surface area contributed by atoms with Gasteiger partial charge in [0.15, 0.2) is 0 Å². The van der Waals surface area contributed by atoms with Gasteiger partial charge < -0.3 is 10.0 Å². The first-order valence-corrected chi connectivity index (χ1v) is 7.38. The Bertz CT molecular complexity index is 500. The summed E-state index contributed by atoms with van der Waals surface area (Å²) in [6.07, 6.45) is 1.95. The molecular formula is C16H22N2O3. The number of benzene rings is 1. The van der Waals surface area contributed by atoms with Crippen LogP contribution >= 0.6 is 0 Å². The van der Waals surface area contributed by atoms with Crippen molar-refractivity contribution in [1.29, 1.82) is 0 Å². The summed E-state index contributed by atoms with van der Waals surface area (Å²) in [6.45, 7) is 4.30. The standard InChI is InChI=1S/C16H22N2O3/c1-3-17(13-7-5-4-6-8-13)15(19)11-18(14-9-10-14)12(2)16(20)21/h4-8,12,14H,3,9-11H2,1-2H3,(H,20,21). The van der Waals surface area contributed by atoms with E-state index in [0.717, 1.165) is 18.5 Å². The number of aliphatic carboxylic acids is 1. The summed E-state index contributed by atoms with van der Waals surface area (Å²) in [5.74, 6) is -0.929. The molecule has 5 nitrogen and oxygen atoms in total. The highest BCUT2D eigenvalue weighted by Crippen LogP contribution is 2.29. The van der Waals surface area contributed by atoms with Crippen LogP contribution in [0.25, 0.3) is 0 Å². The summed E-state index contributed by atoms with van der Waals surface area (Å²) in [5.41, 5.74) is 0.851. The second-order valence-electron chi connectivity index (χ2n) is 5.39. The van der Waals surface area contributed by atoms with E-state index in [1.165, 1.54) is 0 Å². The minimum atomic E-state index is -0.877. The molecule has 0 spiro atoms. The van der Waals surface area contributed by atoms with Gasteiger partial charge in [0.05, 0.1) is 6.54 Å². The first-order valence-electron chi connectivity index (χ1n) is 7.38. The van der Waals surface area contributed by atoms with Gasteiger partial charge in [0.1, 0.15) is 6.04 Å². The average molecular weight is 290 g/mol. The number of nitrogens with zero attached hydrogens (tertiary/aromatic N) is 2. The van der Waals surface area contributed by atoms with Crippen molar-refractivity contribution in [3.63, 3.8) is 0 Å². The minimum absolute atomic E-state index is 0.0521. The average Bonchev–Trinajstić information content (AvgIpc) is 3.30. The van der Waals surface area contributed by atoms with Gasteiger partial charge in [0.2, 0.25) is 5.91 Å². The van der Waals surface area contributed by atoms with E-state index in [2.05, 4.69) is 0 Å². The Hall–Kier alpha value is -1.88. The van der Waals surface area contributed by atoms with Crippen molar-refractivity contribution in [3.8, 4) is 0 Å². The maximum atomic E-state index is 12.5. The van der Waals surface area contributed by atoms with Crippen LogP contribution in [0.3, 0.4) is 0 Å². The van der Waals surface area contributed by atoms with Crippen molar-refractivity contribution in [1.82, 2.24) is 4.90 Å². The summed E-state index contributed by atoms with van der Waals surface area (Å²) in [7, 11) is 0. The van der Waals surface area contributed by atoms with Crippen LogP contribution < -0.4 is 4.90 Å². The number of carbonyl (C=O) groups is 2. The van der Waals surface area contributed by atoms with Gasteiger partial charge in [0.25, 0.3) is 0 Å². The molecule has 1 aliphatic rings. The van der Waals surface area contributed by atoms with Gasteiger partial charge in [-0.05, 0) is 38.8 Å². The van der Waals surface area contributed by atoms with Crippen LogP contribution in [0.4, 0.5) is 5.69 Å². The topological polar surface area (TPSA) is 60.9 Å². The monoisotopic (exact) mass is 290 g/mol. The van der Waals surface area contributed by atoms with Gasteiger partial charge in [-0.1, -0.05) is 18.2 Å². The Morgan fingerprint density at radius 2 is 1.90 bits per heavy atom. The number of carboxylic acid groups (broad SMARTS) is 1. The molecule has 0 bridgehead atoms. The third-order valence-corrected chi connectivity index (χ3v) is 3.87. The van der Waals surface area contributed by atoms with Crippen LogP contribution in [0.5, 0.6) is 0 Å². The predicted molar refractivity (Wildman–Crippen MR) is 81.3 cm³/mol. The normalized spacial score (nSPS) is 15.8. The Kier molecular flexibility index (Phi) is 4.96. The number of hydrogen-bond donors (Lipinski definition) is 1. The highest BCUT2D eigenvalue weighted by molar-refractivity contribution is 5.95. The van der Waals surface area contributed by atoms with E-state index in [1.807, 2.05) is 37.3 Å². The molecule has 5 heteroatoms. The molecule has 114 valence electrons. The molecule has 0 saturated heterocycles. The molecule has 1 unspecified atom stereocenters.